The van der Waals surface area contributed by atoms with Gasteiger partial charge in [-0.05, 0) is 40.5 Å². The van der Waals surface area contributed by atoms with Gasteiger partial charge in [0, 0.05) is 18.3 Å². The van der Waals surface area contributed by atoms with E-state index in [0.717, 1.165) is 23.8 Å². The van der Waals surface area contributed by atoms with Gasteiger partial charge in [-0.25, -0.2) is 9.37 Å². The van der Waals surface area contributed by atoms with Crippen LogP contribution in [0.4, 0.5) is 10.1 Å². The Morgan fingerprint density at radius 3 is 2.84 bits per heavy atom. The molecule has 0 saturated carbocycles. The van der Waals surface area contributed by atoms with Crippen molar-refractivity contribution in [3.8, 4) is 11.6 Å². The van der Waals surface area contributed by atoms with Crippen molar-refractivity contribution in [2.75, 3.05) is 0 Å². The molecule has 1 aromatic carbocycles. The average Bonchev–Trinajstić information content (AvgIpc) is 2.35. The summed E-state index contributed by atoms with van der Waals surface area (Å²) in [5.74, 6) is -0.665. The van der Waals surface area contributed by atoms with Gasteiger partial charge in [-0.2, -0.15) is 0 Å². The lowest BCUT2D eigenvalue weighted by molar-refractivity contribution is -0.385. The highest BCUT2D eigenvalue weighted by atomic mass is 79.9. The van der Waals surface area contributed by atoms with E-state index < -0.39 is 10.7 Å². The van der Waals surface area contributed by atoms with Gasteiger partial charge in [0.25, 0.3) is 0 Å². The predicted molar refractivity (Wildman–Crippen MR) is 69.8 cm³/mol. The molecule has 0 fully saturated rings. The first-order valence-corrected chi connectivity index (χ1v) is 6.01. The predicted octanol–water partition coefficient (Wildman–Crippen LogP) is 3.99. The van der Waals surface area contributed by atoms with Gasteiger partial charge in [0.1, 0.15) is 5.82 Å². The molecule has 19 heavy (non-hydrogen) atoms. The molecular weight excluding hydrogens is 319 g/mol. The Hall–Kier alpha value is -2.02. The standard InChI is InChI=1S/C12H8BrFN2O3/c1-7-4-5-15-12(11(7)13)19-10-6-8(14)2-3-9(10)16(17)18/h2-6H,1H3. The van der Waals surface area contributed by atoms with Crippen LogP contribution in [0.3, 0.4) is 0 Å². The lowest BCUT2D eigenvalue weighted by Crippen LogP contribution is -1.96. The summed E-state index contributed by atoms with van der Waals surface area (Å²) in [7, 11) is 0. The van der Waals surface area contributed by atoms with Crippen LogP contribution >= 0.6 is 15.9 Å². The number of hydrogen-bond donors (Lipinski definition) is 0. The molecule has 0 amide bonds. The smallest absolute Gasteiger partial charge is 0.311 e. The number of benzene rings is 1. The molecule has 5 nitrogen and oxygen atoms in total. The Balaban J connectivity index is 2.45. The Morgan fingerprint density at radius 2 is 2.16 bits per heavy atom. The molecule has 1 aromatic heterocycles. The minimum Gasteiger partial charge on any atom is -0.431 e. The van der Waals surface area contributed by atoms with Gasteiger partial charge in [0.2, 0.25) is 11.6 Å². The first kappa shape index (κ1) is 13.4. The first-order chi connectivity index (χ1) is 8.99. The van der Waals surface area contributed by atoms with E-state index in [1.807, 2.05) is 6.92 Å². The third-order valence-electron chi connectivity index (χ3n) is 2.38. The largest absolute Gasteiger partial charge is 0.431 e. The van der Waals surface area contributed by atoms with Crippen molar-refractivity contribution >= 4 is 21.6 Å². The van der Waals surface area contributed by atoms with Crippen molar-refractivity contribution in [2.45, 2.75) is 6.92 Å². The fraction of sp³-hybridized carbons (Fsp3) is 0.0833. The quantitative estimate of drug-likeness (QED) is 0.631. The summed E-state index contributed by atoms with van der Waals surface area (Å²) < 4.78 is 19.0. The van der Waals surface area contributed by atoms with Gasteiger partial charge in [0.05, 0.1) is 9.40 Å². The number of hydrogen-bond acceptors (Lipinski definition) is 4. The normalized spacial score (nSPS) is 10.3. The van der Waals surface area contributed by atoms with Crippen molar-refractivity contribution in [1.29, 1.82) is 0 Å². The van der Waals surface area contributed by atoms with Crippen LogP contribution < -0.4 is 4.74 Å². The second-order valence-electron chi connectivity index (χ2n) is 3.72. The van der Waals surface area contributed by atoms with E-state index in [1.54, 1.807) is 6.07 Å². The van der Waals surface area contributed by atoms with E-state index in [0.29, 0.717) is 4.47 Å². The van der Waals surface area contributed by atoms with Gasteiger partial charge >= 0.3 is 5.69 Å². The second-order valence-corrected chi connectivity index (χ2v) is 4.51. The zero-order valence-electron chi connectivity index (χ0n) is 9.76. The maximum absolute atomic E-state index is 13.2. The van der Waals surface area contributed by atoms with E-state index in [2.05, 4.69) is 20.9 Å². The van der Waals surface area contributed by atoms with Crippen molar-refractivity contribution in [2.24, 2.45) is 0 Å². The molecule has 0 radical (unpaired) electrons. The van der Waals surface area contributed by atoms with Gasteiger partial charge < -0.3 is 4.74 Å². The van der Waals surface area contributed by atoms with Crippen LogP contribution in [0.5, 0.6) is 11.6 Å². The van der Waals surface area contributed by atoms with Crippen LogP contribution in [0, 0.1) is 22.9 Å². The molecule has 98 valence electrons. The highest BCUT2D eigenvalue weighted by molar-refractivity contribution is 9.10. The summed E-state index contributed by atoms with van der Waals surface area (Å²) in [6.45, 7) is 1.82. The van der Waals surface area contributed by atoms with Crippen molar-refractivity contribution in [1.82, 2.24) is 4.98 Å². The molecule has 0 aliphatic heterocycles. The molecule has 0 N–H and O–H groups in total. The summed E-state index contributed by atoms with van der Waals surface area (Å²) in [5.41, 5.74) is 0.528. The van der Waals surface area contributed by atoms with E-state index in [9.17, 15) is 14.5 Å². The Morgan fingerprint density at radius 1 is 1.42 bits per heavy atom. The van der Waals surface area contributed by atoms with Crippen molar-refractivity contribution in [3.63, 3.8) is 0 Å². The zero-order valence-corrected chi connectivity index (χ0v) is 11.3. The fourth-order valence-electron chi connectivity index (χ4n) is 1.41. The molecule has 2 aromatic rings. The summed E-state index contributed by atoms with van der Waals surface area (Å²) >= 11 is 3.27. The number of ether oxygens (including phenoxy) is 1. The SMILES string of the molecule is Cc1ccnc(Oc2cc(F)ccc2[N+](=O)[O-])c1Br. The third-order valence-corrected chi connectivity index (χ3v) is 3.34. The van der Waals surface area contributed by atoms with E-state index >= 15 is 0 Å². The molecule has 0 unspecified atom stereocenters. The molecule has 0 spiro atoms. The van der Waals surface area contributed by atoms with Crippen LogP contribution in [-0.4, -0.2) is 9.91 Å². The summed E-state index contributed by atoms with van der Waals surface area (Å²) in [5, 5.41) is 10.8. The zero-order chi connectivity index (χ0) is 14.0. The first-order valence-electron chi connectivity index (χ1n) is 5.22. The summed E-state index contributed by atoms with van der Waals surface area (Å²) in [6, 6.07) is 4.75. The van der Waals surface area contributed by atoms with Gasteiger partial charge in [-0.1, -0.05) is 0 Å². The third kappa shape index (κ3) is 2.87. The van der Waals surface area contributed by atoms with Gasteiger partial charge in [0.15, 0.2) is 0 Å². The van der Waals surface area contributed by atoms with Crippen molar-refractivity contribution in [3.05, 3.63) is 56.4 Å². The number of pyridine rings is 1. The molecule has 0 aliphatic carbocycles. The minimum absolute atomic E-state index is 0.147. The summed E-state index contributed by atoms with van der Waals surface area (Å²) in [4.78, 5) is 14.2. The summed E-state index contributed by atoms with van der Waals surface area (Å²) in [6.07, 6.45) is 1.50. The number of aromatic nitrogens is 1. The Bertz CT molecular complexity index is 649. The minimum atomic E-state index is -0.640. The van der Waals surface area contributed by atoms with Crippen LogP contribution in [-0.2, 0) is 0 Å². The van der Waals surface area contributed by atoms with Crippen molar-refractivity contribution < 1.29 is 14.1 Å². The van der Waals surface area contributed by atoms with Crippen LogP contribution in [0.1, 0.15) is 5.56 Å². The molecule has 2 rings (SSSR count). The lowest BCUT2D eigenvalue weighted by Gasteiger charge is -2.08. The van der Waals surface area contributed by atoms with Crippen LogP contribution in [0.2, 0.25) is 0 Å². The molecule has 0 atom stereocenters. The number of aryl methyl sites for hydroxylation is 1. The molecule has 1 heterocycles. The highest BCUT2D eigenvalue weighted by Crippen LogP contribution is 2.35. The van der Waals surface area contributed by atoms with Gasteiger partial charge in [-0.3, -0.25) is 10.1 Å². The molecule has 0 aliphatic rings. The number of halogens is 2. The topological polar surface area (TPSA) is 65.3 Å². The van der Waals surface area contributed by atoms with E-state index in [4.69, 9.17) is 4.74 Å². The molecule has 7 heteroatoms. The maximum Gasteiger partial charge on any atom is 0.311 e. The number of nitro benzene ring substituents is 1. The highest BCUT2D eigenvalue weighted by Gasteiger charge is 2.18. The Labute approximate surface area is 116 Å². The van der Waals surface area contributed by atoms with Crippen LogP contribution in [0.25, 0.3) is 0 Å². The number of nitrogens with zero attached hydrogens (tertiary/aromatic N) is 2. The number of nitro groups is 1. The second kappa shape index (κ2) is 5.31. The fourth-order valence-corrected chi connectivity index (χ4v) is 1.73. The average molecular weight is 327 g/mol. The maximum atomic E-state index is 13.2. The van der Waals surface area contributed by atoms with Gasteiger partial charge in [-0.15, -0.1) is 0 Å². The molecule has 0 saturated heterocycles. The monoisotopic (exact) mass is 326 g/mol. The van der Waals surface area contributed by atoms with E-state index in [-0.39, 0.29) is 17.3 Å². The Kier molecular flexibility index (Phi) is 3.75. The lowest BCUT2D eigenvalue weighted by atomic mass is 10.3. The van der Waals surface area contributed by atoms with Crippen LogP contribution in [0.15, 0.2) is 34.9 Å². The van der Waals surface area contributed by atoms with E-state index in [1.165, 1.54) is 6.20 Å². The molecular formula is C12H8BrFN2O3. The molecule has 0 bridgehead atoms. The number of rotatable bonds is 3.